The normalized spacial score (nSPS) is 11.7. The lowest BCUT2D eigenvalue weighted by Gasteiger charge is -2.11. The third-order valence-corrected chi connectivity index (χ3v) is 3.90. The molecule has 0 bridgehead atoms. The summed E-state index contributed by atoms with van der Waals surface area (Å²) >= 11 is 5.84. The van der Waals surface area contributed by atoms with Crippen LogP contribution in [-0.2, 0) is 16.6 Å². The molecule has 0 aliphatic rings. The van der Waals surface area contributed by atoms with Crippen LogP contribution < -0.4 is 4.72 Å². The summed E-state index contributed by atoms with van der Waals surface area (Å²) in [4.78, 5) is 8.16. The Labute approximate surface area is 132 Å². The molecule has 8 heteroatoms. The van der Waals surface area contributed by atoms with Crippen molar-refractivity contribution in [3.05, 3.63) is 53.6 Å². The van der Waals surface area contributed by atoms with Crippen molar-refractivity contribution in [3.8, 4) is 0 Å². The van der Waals surface area contributed by atoms with Crippen molar-refractivity contribution in [2.45, 2.75) is 6.54 Å². The Morgan fingerprint density at radius 1 is 1.27 bits per heavy atom. The first kappa shape index (κ1) is 14.8. The number of nitrogens with one attached hydrogen (secondary N) is 1. The topological polar surface area (TPSA) is 76.9 Å². The molecule has 2 aromatic heterocycles. The van der Waals surface area contributed by atoms with Gasteiger partial charge in [-0.15, -0.1) is 0 Å². The molecule has 0 saturated heterocycles. The van der Waals surface area contributed by atoms with Crippen LogP contribution in [0.3, 0.4) is 0 Å². The number of hydrogen-bond acceptors (Lipinski definition) is 4. The predicted octanol–water partition coefficient (Wildman–Crippen LogP) is 2.50. The third kappa shape index (κ3) is 3.20. The van der Waals surface area contributed by atoms with Crippen LogP contribution in [-0.4, -0.2) is 29.2 Å². The Hall–Kier alpha value is -2.12. The molecule has 0 aliphatic heterocycles. The van der Waals surface area contributed by atoms with E-state index in [2.05, 4.69) is 14.7 Å². The first-order valence-corrected chi connectivity index (χ1v) is 8.72. The van der Waals surface area contributed by atoms with E-state index in [0.717, 1.165) is 17.2 Å². The standard InChI is InChI=1S/C14H13ClN4O2S/c1-22(20,21)18-12-5-3-2-4-11(12)9-19-7-6-10-8-16-14(15)17-13(10)19/h2-8,18H,9H2,1H3. The zero-order valence-corrected chi connectivity index (χ0v) is 13.3. The van der Waals surface area contributed by atoms with Gasteiger partial charge in [0.1, 0.15) is 5.65 Å². The van der Waals surface area contributed by atoms with Gasteiger partial charge in [0.05, 0.1) is 18.5 Å². The first-order chi connectivity index (χ1) is 10.4. The lowest BCUT2D eigenvalue weighted by Crippen LogP contribution is -2.12. The van der Waals surface area contributed by atoms with Gasteiger partial charge in [-0.25, -0.2) is 13.4 Å². The number of hydrogen-bond donors (Lipinski definition) is 1. The molecule has 0 spiro atoms. The number of rotatable bonds is 4. The first-order valence-electron chi connectivity index (χ1n) is 6.45. The monoisotopic (exact) mass is 336 g/mol. The van der Waals surface area contributed by atoms with E-state index < -0.39 is 10.0 Å². The van der Waals surface area contributed by atoms with Gasteiger partial charge >= 0.3 is 0 Å². The van der Waals surface area contributed by atoms with Gasteiger partial charge in [0.25, 0.3) is 0 Å². The maximum Gasteiger partial charge on any atom is 0.229 e. The number of fused-ring (bicyclic) bond motifs is 1. The number of halogens is 1. The van der Waals surface area contributed by atoms with Crippen LogP contribution in [0.5, 0.6) is 0 Å². The van der Waals surface area contributed by atoms with Gasteiger partial charge in [-0.3, -0.25) is 4.72 Å². The van der Waals surface area contributed by atoms with Crippen LogP contribution >= 0.6 is 11.6 Å². The molecule has 0 aliphatic carbocycles. The molecular formula is C14H13ClN4O2S. The summed E-state index contributed by atoms with van der Waals surface area (Å²) in [5.74, 6) is 0. The minimum atomic E-state index is -3.33. The van der Waals surface area contributed by atoms with E-state index in [0.29, 0.717) is 17.9 Å². The van der Waals surface area contributed by atoms with Gasteiger partial charge in [0, 0.05) is 17.8 Å². The minimum Gasteiger partial charge on any atom is -0.328 e. The zero-order chi connectivity index (χ0) is 15.7. The quantitative estimate of drug-likeness (QED) is 0.743. The number of anilines is 1. The highest BCUT2D eigenvalue weighted by atomic mass is 35.5. The number of para-hydroxylation sites is 1. The molecule has 0 unspecified atom stereocenters. The van der Waals surface area contributed by atoms with Crippen LogP contribution in [0.25, 0.3) is 11.0 Å². The number of aromatic nitrogens is 3. The zero-order valence-electron chi connectivity index (χ0n) is 11.7. The van der Waals surface area contributed by atoms with Crippen molar-refractivity contribution in [2.75, 3.05) is 11.0 Å². The Bertz CT molecular complexity index is 937. The molecule has 0 atom stereocenters. The molecule has 0 radical (unpaired) electrons. The van der Waals surface area contributed by atoms with E-state index in [9.17, 15) is 8.42 Å². The molecule has 1 N–H and O–H groups in total. The molecule has 3 aromatic rings. The molecular weight excluding hydrogens is 324 g/mol. The Balaban J connectivity index is 2.00. The highest BCUT2D eigenvalue weighted by molar-refractivity contribution is 7.92. The van der Waals surface area contributed by atoms with Gasteiger partial charge in [-0.05, 0) is 29.3 Å². The molecule has 0 amide bonds. The summed E-state index contributed by atoms with van der Waals surface area (Å²) in [6, 6.07) is 9.12. The van der Waals surface area contributed by atoms with Crippen molar-refractivity contribution in [2.24, 2.45) is 0 Å². The highest BCUT2D eigenvalue weighted by Crippen LogP contribution is 2.21. The average molecular weight is 337 g/mol. The Morgan fingerprint density at radius 2 is 2.05 bits per heavy atom. The Morgan fingerprint density at radius 3 is 2.82 bits per heavy atom. The van der Waals surface area contributed by atoms with Crippen molar-refractivity contribution < 1.29 is 8.42 Å². The van der Waals surface area contributed by atoms with Gasteiger partial charge in [-0.2, -0.15) is 4.98 Å². The molecule has 1 aromatic carbocycles. The van der Waals surface area contributed by atoms with E-state index in [4.69, 9.17) is 11.6 Å². The number of nitrogens with zero attached hydrogens (tertiary/aromatic N) is 3. The lowest BCUT2D eigenvalue weighted by atomic mass is 10.2. The van der Waals surface area contributed by atoms with Crippen LogP contribution in [0.1, 0.15) is 5.56 Å². The minimum absolute atomic E-state index is 0.176. The maximum absolute atomic E-state index is 11.5. The van der Waals surface area contributed by atoms with Gasteiger partial charge in [0.15, 0.2) is 0 Å². The molecule has 0 fully saturated rings. The van der Waals surface area contributed by atoms with Crippen molar-refractivity contribution in [3.63, 3.8) is 0 Å². The fraction of sp³-hybridized carbons (Fsp3) is 0.143. The average Bonchev–Trinajstić information content (AvgIpc) is 2.82. The molecule has 3 rings (SSSR count). The summed E-state index contributed by atoms with van der Waals surface area (Å²) in [6.45, 7) is 0.468. The van der Waals surface area contributed by atoms with Gasteiger partial charge in [0.2, 0.25) is 15.3 Å². The van der Waals surface area contributed by atoms with E-state index >= 15 is 0 Å². The lowest BCUT2D eigenvalue weighted by molar-refractivity contribution is 0.606. The van der Waals surface area contributed by atoms with Crippen LogP contribution in [0, 0.1) is 0 Å². The van der Waals surface area contributed by atoms with Crippen molar-refractivity contribution >= 4 is 38.3 Å². The number of benzene rings is 1. The van der Waals surface area contributed by atoms with E-state index in [1.165, 1.54) is 0 Å². The van der Waals surface area contributed by atoms with Crippen LogP contribution in [0.15, 0.2) is 42.7 Å². The second-order valence-corrected chi connectivity index (χ2v) is 6.98. The molecule has 0 saturated carbocycles. The fourth-order valence-electron chi connectivity index (χ4n) is 2.22. The molecule has 114 valence electrons. The summed E-state index contributed by atoms with van der Waals surface area (Å²) in [5, 5.41) is 1.05. The SMILES string of the molecule is CS(=O)(=O)Nc1ccccc1Cn1ccc2cnc(Cl)nc21. The molecule has 6 nitrogen and oxygen atoms in total. The summed E-state index contributed by atoms with van der Waals surface area (Å²) < 4.78 is 27.3. The fourth-order valence-corrected chi connectivity index (χ4v) is 2.95. The predicted molar refractivity (Wildman–Crippen MR) is 86.5 cm³/mol. The smallest absolute Gasteiger partial charge is 0.229 e. The van der Waals surface area contributed by atoms with Crippen LogP contribution in [0.2, 0.25) is 5.28 Å². The second kappa shape index (κ2) is 5.58. The van der Waals surface area contributed by atoms with Gasteiger partial charge in [-0.1, -0.05) is 18.2 Å². The second-order valence-electron chi connectivity index (χ2n) is 4.89. The summed E-state index contributed by atoms with van der Waals surface area (Å²) in [5.41, 5.74) is 2.08. The van der Waals surface area contributed by atoms with Crippen molar-refractivity contribution in [1.29, 1.82) is 0 Å². The largest absolute Gasteiger partial charge is 0.328 e. The van der Waals surface area contributed by atoms with Crippen molar-refractivity contribution in [1.82, 2.24) is 14.5 Å². The molecule has 22 heavy (non-hydrogen) atoms. The Kier molecular flexibility index (Phi) is 3.76. The van der Waals surface area contributed by atoms with E-state index in [1.54, 1.807) is 18.3 Å². The summed E-state index contributed by atoms with van der Waals surface area (Å²) in [7, 11) is -3.33. The van der Waals surface area contributed by atoms with Crippen LogP contribution in [0.4, 0.5) is 5.69 Å². The van der Waals surface area contributed by atoms with Gasteiger partial charge < -0.3 is 4.57 Å². The molecule has 2 heterocycles. The summed E-state index contributed by atoms with van der Waals surface area (Å²) in [6.07, 6.45) is 4.65. The highest BCUT2D eigenvalue weighted by Gasteiger charge is 2.10. The third-order valence-electron chi connectivity index (χ3n) is 3.13. The number of sulfonamides is 1. The maximum atomic E-state index is 11.5. The van der Waals surface area contributed by atoms with E-state index in [-0.39, 0.29) is 5.28 Å². The van der Waals surface area contributed by atoms with E-state index in [1.807, 2.05) is 29.0 Å².